The number of rotatable bonds is 7. The molecule has 1 N–H and O–H groups in total. The Morgan fingerprint density at radius 2 is 1.52 bits per heavy atom. The third-order valence-corrected chi connectivity index (χ3v) is 6.22. The number of carbonyl (C=O) groups is 2. The third-order valence-electron chi connectivity index (χ3n) is 5.52. The molecule has 1 saturated carbocycles. The van der Waals surface area contributed by atoms with Crippen LogP contribution < -0.4 is 0 Å². The second kappa shape index (κ2) is 8.75. The molecule has 0 amide bonds. The van der Waals surface area contributed by atoms with Gasteiger partial charge in [-0.3, -0.25) is 9.59 Å². The zero-order valence-corrected chi connectivity index (χ0v) is 16.3. The van der Waals surface area contributed by atoms with Gasteiger partial charge < -0.3 is 5.11 Å². The van der Waals surface area contributed by atoms with Gasteiger partial charge in [0.2, 0.25) is 0 Å². The largest absolute Gasteiger partial charge is 0.481 e. The first-order valence-electron chi connectivity index (χ1n) is 9.61. The molecule has 0 radical (unpaired) electrons. The fourth-order valence-electron chi connectivity index (χ4n) is 3.82. The Labute approximate surface area is 166 Å². The van der Waals surface area contributed by atoms with Crippen LogP contribution in [0.4, 0.5) is 0 Å². The summed E-state index contributed by atoms with van der Waals surface area (Å²) in [5.74, 6) is -1.63. The molecular formula is C23H26O3S. The zero-order valence-electron chi connectivity index (χ0n) is 15.4. The van der Waals surface area contributed by atoms with Crippen molar-refractivity contribution in [1.29, 1.82) is 0 Å². The molecule has 2 aromatic carbocycles. The van der Waals surface area contributed by atoms with Crippen molar-refractivity contribution in [3.63, 3.8) is 0 Å². The van der Waals surface area contributed by atoms with Crippen molar-refractivity contribution in [2.24, 2.45) is 5.92 Å². The quantitative estimate of drug-likeness (QED) is 0.648. The van der Waals surface area contributed by atoms with Gasteiger partial charge in [-0.1, -0.05) is 73.9 Å². The summed E-state index contributed by atoms with van der Waals surface area (Å²) in [4.78, 5) is 24.5. The molecule has 4 heteroatoms. The van der Waals surface area contributed by atoms with Crippen molar-refractivity contribution in [1.82, 2.24) is 0 Å². The lowest BCUT2D eigenvalue weighted by Gasteiger charge is -2.31. The molecular weight excluding hydrogens is 356 g/mol. The van der Waals surface area contributed by atoms with Gasteiger partial charge in [-0.2, -0.15) is 12.6 Å². The molecule has 142 valence electrons. The summed E-state index contributed by atoms with van der Waals surface area (Å²) >= 11 is 4.63. The highest BCUT2D eigenvalue weighted by atomic mass is 32.1. The van der Waals surface area contributed by atoms with Crippen molar-refractivity contribution in [3.05, 3.63) is 60.2 Å². The molecule has 27 heavy (non-hydrogen) atoms. The first-order chi connectivity index (χ1) is 13.0. The number of aliphatic carboxylic acids is 1. The molecule has 3 rings (SSSR count). The number of carboxylic acid groups (broad SMARTS) is 1. The maximum atomic E-state index is 12.7. The Bertz CT molecular complexity index is 777. The smallest absolute Gasteiger partial charge is 0.307 e. The van der Waals surface area contributed by atoms with Gasteiger partial charge >= 0.3 is 5.97 Å². The van der Waals surface area contributed by atoms with Gasteiger partial charge in [0.25, 0.3) is 0 Å². The highest BCUT2D eigenvalue weighted by molar-refractivity contribution is 7.82. The number of hydrogen-bond acceptors (Lipinski definition) is 3. The number of carbonyl (C=O) groups excluding carboxylic acids is 1. The van der Waals surface area contributed by atoms with E-state index in [0.717, 1.165) is 48.8 Å². The van der Waals surface area contributed by atoms with Crippen LogP contribution in [0, 0.1) is 5.92 Å². The van der Waals surface area contributed by atoms with Gasteiger partial charge in [0.15, 0.2) is 0 Å². The second-order valence-corrected chi connectivity index (χ2v) is 8.38. The van der Waals surface area contributed by atoms with E-state index < -0.39 is 16.6 Å². The van der Waals surface area contributed by atoms with Gasteiger partial charge in [0.05, 0.1) is 10.7 Å². The summed E-state index contributed by atoms with van der Waals surface area (Å²) in [6, 6.07) is 18.0. The van der Waals surface area contributed by atoms with Gasteiger partial charge in [-0.25, -0.2) is 0 Å². The minimum atomic E-state index is -0.914. The summed E-state index contributed by atoms with van der Waals surface area (Å²) in [6.07, 6.45) is 5.05. The molecule has 1 aliphatic carbocycles. The third kappa shape index (κ3) is 5.01. The van der Waals surface area contributed by atoms with Crippen LogP contribution in [0.5, 0.6) is 0 Å². The van der Waals surface area contributed by atoms with E-state index in [4.69, 9.17) is 0 Å². The molecule has 3 nitrogen and oxygen atoms in total. The highest BCUT2D eigenvalue weighted by Crippen LogP contribution is 2.36. The summed E-state index contributed by atoms with van der Waals surface area (Å²) in [5, 5.41) is 9.62. The second-order valence-electron chi connectivity index (χ2n) is 7.52. The Morgan fingerprint density at radius 1 is 0.926 bits per heavy atom. The first kappa shape index (κ1) is 19.7. The highest BCUT2D eigenvalue weighted by Gasteiger charge is 2.37. The number of Topliss-reactive ketones (excluding diaryl/α,β-unsaturated/α-hetero) is 1. The van der Waals surface area contributed by atoms with Crippen molar-refractivity contribution in [2.75, 3.05) is 0 Å². The Kier molecular flexibility index (Phi) is 6.38. The molecule has 0 bridgehead atoms. The van der Waals surface area contributed by atoms with E-state index >= 15 is 0 Å². The molecule has 0 saturated heterocycles. The van der Waals surface area contributed by atoms with Crippen LogP contribution in [0.3, 0.4) is 0 Å². The zero-order chi connectivity index (χ0) is 19.3. The fourth-order valence-corrected chi connectivity index (χ4v) is 4.23. The minimum absolute atomic E-state index is 0.0150. The van der Waals surface area contributed by atoms with Crippen LogP contribution in [-0.2, 0) is 16.0 Å². The van der Waals surface area contributed by atoms with Crippen molar-refractivity contribution >= 4 is 24.4 Å². The Balaban J connectivity index is 1.67. The lowest BCUT2D eigenvalue weighted by molar-refractivity contribution is -0.144. The maximum Gasteiger partial charge on any atom is 0.307 e. The van der Waals surface area contributed by atoms with E-state index in [9.17, 15) is 14.7 Å². The van der Waals surface area contributed by atoms with E-state index in [-0.39, 0.29) is 12.2 Å². The van der Waals surface area contributed by atoms with E-state index in [1.54, 1.807) is 0 Å². The molecule has 0 spiro atoms. The lowest BCUT2D eigenvalue weighted by atomic mass is 9.81. The van der Waals surface area contributed by atoms with Crippen LogP contribution in [0.1, 0.15) is 44.1 Å². The predicted molar refractivity (Wildman–Crippen MR) is 111 cm³/mol. The van der Waals surface area contributed by atoms with Gasteiger partial charge in [0, 0.05) is 6.42 Å². The van der Waals surface area contributed by atoms with E-state index in [1.165, 1.54) is 0 Å². The number of carboxylic acids is 1. The topological polar surface area (TPSA) is 54.4 Å². The van der Waals surface area contributed by atoms with E-state index in [1.807, 2.05) is 54.6 Å². The Hall–Kier alpha value is -2.07. The molecule has 1 aliphatic rings. The van der Waals surface area contributed by atoms with Crippen LogP contribution in [0.2, 0.25) is 0 Å². The lowest BCUT2D eigenvalue weighted by Crippen LogP contribution is -2.37. The summed E-state index contributed by atoms with van der Waals surface area (Å²) in [6.45, 7) is 0. The minimum Gasteiger partial charge on any atom is -0.481 e. The molecule has 2 aromatic rings. The summed E-state index contributed by atoms with van der Waals surface area (Å²) in [7, 11) is 0. The average molecular weight is 383 g/mol. The van der Waals surface area contributed by atoms with Crippen molar-refractivity contribution in [2.45, 2.75) is 49.7 Å². The predicted octanol–water partition coefficient (Wildman–Crippen LogP) is 5.19. The van der Waals surface area contributed by atoms with Crippen LogP contribution in [-0.4, -0.2) is 21.6 Å². The SMILES string of the molecule is O=C(O)[C@@H](CC(=O)C1(S)CCCCC1)Cc1ccc(-c2ccccc2)cc1. The van der Waals surface area contributed by atoms with Crippen molar-refractivity contribution < 1.29 is 14.7 Å². The average Bonchev–Trinajstić information content (AvgIpc) is 2.69. The van der Waals surface area contributed by atoms with Gasteiger partial charge in [-0.05, 0) is 36.0 Å². The van der Waals surface area contributed by atoms with Gasteiger partial charge in [-0.15, -0.1) is 0 Å². The number of hydrogen-bond donors (Lipinski definition) is 2. The van der Waals surface area contributed by atoms with Crippen LogP contribution in [0.15, 0.2) is 54.6 Å². The maximum absolute atomic E-state index is 12.7. The standard InChI is InChI=1S/C23H26O3S/c24-21(23(27)13-5-2-6-14-23)16-20(22(25)26)15-17-9-11-19(12-10-17)18-7-3-1-4-8-18/h1,3-4,7-12,20,27H,2,5-6,13-16H2,(H,25,26)/t20-/m1/s1. The first-order valence-corrected chi connectivity index (χ1v) is 10.1. The molecule has 0 aliphatic heterocycles. The number of ketones is 1. The molecule has 0 aromatic heterocycles. The van der Waals surface area contributed by atoms with Crippen LogP contribution >= 0.6 is 12.6 Å². The van der Waals surface area contributed by atoms with Crippen molar-refractivity contribution in [3.8, 4) is 11.1 Å². The number of benzene rings is 2. The Morgan fingerprint density at radius 3 is 2.11 bits per heavy atom. The van der Waals surface area contributed by atoms with E-state index in [0.29, 0.717) is 6.42 Å². The van der Waals surface area contributed by atoms with Gasteiger partial charge in [0.1, 0.15) is 5.78 Å². The summed E-state index contributed by atoms with van der Waals surface area (Å²) in [5.41, 5.74) is 3.16. The molecule has 0 heterocycles. The van der Waals surface area contributed by atoms with E-state index in [2.05, 4.69) is 12.6 Å². The molecule has 1 atom stereocenters. The molecule has 0 unspecified atom stereocenters. The normalized spacial score (nSPS) is 17.2. The molecule has 1 fully saturated rings. The summed E-state index contributed by atoms with van der Waals surface area (Å²) < 4.78 is -0.636. The monoisotopic (exact) mass is 382 g/mol. The fraction of sp³-hybridized carbons (Fsp3) is 0.391. The number of thiol groups is 1. The van der Waals surface area contributed by atoms with Crippen LogP contribution in [0.25, 0.3) is 11.1 Å².